The molecule has 0 rings (SSSR count). The number of oxime groups is 1. The van der Waals surface area contributed by atoms with Gasteiger partial charge in [-0.2, -0.15) is 0 Å². The van der Waals surface area contributed by atoms with Gasteiger partial charge in [0.05, 0.1) is 6.61 Å². The number of ether oxygens (including phenoxy) is 1. The first-order valence-electron chi connectivity index (χ1n) is 4.56. The van der Waals surface area contributed by atoms with E-state index >= 15 is 0 Å². The molecule has 0 radical (unpaired) electrons. The molecule has 0 bridgehead atoms. The molecule has 78 valence electrons. The van der Waals surface area contributed by atoms with Crippen molar-refractivity contribution in [2.45, 2.75) is 19.8 Å². The molecule has 0 unspecified atom stereocenters. The standard InChI is InChI=1S/C8H19N3O2/c1-2-13-7-6-10-5-3-4-8(9)11-12/h10,12H,2-7H2,1H3,(H2,9,11). The summed E-state index contributed by atoms with van der Waals surface area (Å²) in [6, 6.07) is 0. The summed E-state index contributed by atoms with van der Waals surface area (Å²) in [5, 5.41) is 14.3. The smallest absolute Gasteiger partial charge is 0.139 e. The molecule has 4 N–H and O–H groups in total. The van der Waals surface area contributed by atoms with Crippen LogP contribution in [0.15, 0.2) is 5.16 Å². The molecule has 0 aliphatic rings. The van der Waals surface area contributed by atoms with Crippen LogP contribution in [0.5, 0.6) is 0 Å². The lowest BCUT2D eigenvalue weighted by Crippen LogP contribution is -2.22. The van der Waals surface area contributed by atoms with Crippen LogP contribution in [-0.2, 0) is 4.74 Å². The predicted octanol–water partition coefficient (Wildman–Crippen LogP) is 0.139. The van der Waals surface area contributed by atoms with Crippen LogP contribution in [0.1, 0.15) is 19.8 Å². The molecule has 0 atom stereocenters. The van der Waals surface area contributed by atoms with Crippen molar-refractivity contribution in [2.24, 2.45) is 10.9 Å². The zero-order chi connectivity index (χ0) is 9.94. The van der Waals surface area contributed by atoms with Gasteiger partial charge in [-0.25, -0.2) is 0 Å². The lowest BCUT2D eigenvalue weighted by atomic mass is 10.3. The van der Waals surface area contributed by atoms with Gasteiger partial charge in [0.25, 0.3) is 0 Å². The number of hydrogen-bond donors (Lipinski definition) is 3. The fourth-order valence-electron chi connectivity index (χ4n) is 0.858. The van der Waals surface area contributed by atoms with Crippen LogP contribution in [-0.4, -0.2) is 37.3 Å². The summed E-state index contributed by atoms with van der Waals surface area (Å²) in [6.07, 6.45) is 1.50. The summed E-state index contributed by atoms with van der Waals surface area (Å²) >= 11 is 0. The molecule has 0 aromatic heterocycles. The zero-order valence-electron chi connectivity index (χ0n) is 8.12. The predicted molar refractivity (Wildman–Crippen MR) is 52.0 cm³/mol. The van der Waals surface area contributed by atoms with E-state index in [1.165, 1.54) is 0 Å². The highest BCUT2D eigenvalue weighted by Crippen LogP contribution is 1.85. The van der Waals surface area contributed by atoms with Gasteiger partial charge >= 0.3 is 0 Å². The minimum Gasteiger partial charge on any atom is -0.409 e. The number of rotatable bonds is 8. The highest BCUT2D eigenvalue weighted by Gasteiger charge is 1.92. The summed E-state index contributed by atoms with van der Waals surface area (Å²) in [5.74, 6) is 0.284. The van der Waals surface area contributed by atoms with E-state index in [2.05, 4.69) is 10.5 Å². The number of amidine groups is 1. The maximum Gasteiger partial charge on any atom is 0.139 e. The van der Waals surface area contributed by atoms with E-state index in [1.807, 2.05) is 6.92 Å². The zero-order valence-corrected chi connectivity index (χ0v) is 8.12. The third-order valence-electron chi connectivity index (χ3n) is 1.54. The Morgan fingerprint density at radius 1 is 1.54 bits per heavy atom. The van der Waals surface area contributed by atoms with Crippen molar-refractivity contribution in [3.8, 4) is 0 Å². The minimum absolute atomic E-state index is 0.284. The van der Waals surface area contributed by atoms with Crippen molar-refractivity contribution in [3.63, 3.8) is 0 Å². The van der Waals surface area contributed by atoms with Crippen molar-refractivity contribution in [2.75, 3.05) is 26.3 Å². The van der Waals surface area contributed by atoms with Crippen LogP contribution in [0, 0.1) is 0 Å². The second kappa shape index (κ2) is 9.28. The van der Waals surface area contributed by atoms with E-state index < -0.39 is 0 Å². The van der Waals surface area contributed by atoms with Gasteiger partial charge in [-0.3, -0.25) is 0 Å². The SMILES string of the molecule is CCOCCNCCCC(N)=NO. The van der Waals surface area contributed by atoms with E-state index in [1.54, 1.807) is 0 Å². The van der Waals surface area contributed by atoms with Gasteiger partial charge in [-0.15, -0.1) is 0 Å². The van der Waals surface area contributed by atoms with Crippen LogP contribution in [0.3, 0.4) is 0 Å². The third-order valence-corrected chi connectivity index (χ3v) is 1.54. The van der Waals surface area contributed by atoms with Gasteiger partial charge < -0.3 is 21.0 Å². The fraction of sp³-hybridized carbons (Fsp3) is 0.875. The maximum absolute atomic E-state index is 8.23. The second-order valence-corrected chi connectivity index (χ2v) is 2.64. The Hall–Kier alpha value is -0.810. The first-order valence-corrected chi connectivity index (χ1v) is 4.56. The van der Waals surface area contributed by atoms with E-state index in [0.717, 1.165) is 32.7 Å². The Morgan fingerprint density at radius 2 is 2.31 bits per heavy atom. The first-order chi connectivity index (χ1) is 6.31. The molecule has 5 nitrogen and oxygen atoms in total. The molecule has 5 heteroatoms. The molecular formula is C8H19N3O2. The van der Waals surface area contributed by atoms with Crippen LogP contribution in [0.25, 0.3) is 0 Å². The van der Waals surface area contributed by atoms with Gasteiger partial charge in [0, 0.05) is 19.6 Å². The molecule has 0 aromatic carbocycles. The number of hydrogen-bond acceptors (Lipinski definition) is 4. The van der Waals surface area contributed by atoms with Crippen molar-refractivity contribution in [3.05, 3.63) is 0 Å². The van der Waals surface area contributed by atoms with E-state index in [0.29, 0.717) is 6.42 Å². The van der Waals surface area contributed by atoms with Crippen molar-refractivity contribution in [1.29, 1.82) is 0 Å². The van der Waals surface area contributed by atoms with Crippen molar-refractivity contribution in [1.82, 2.24) is 5.32 Å². The third kappa shape index (κ3) is 9.10. The van der Waals surface area contributed by atoms with Gasteiger partial charge in [0.2, 0.25) is 0 Å². The monoisotopic (exact) mass is 189 g/mol. The van der Waals surface area contributed by atoms with Crippen LogP contribution in [0.4, 0.5) is 0 Å². The molecule has 0 saturated carbocycles. The molecule has 0 spiro atoms. The average molecular weight is 189 g/mol. The summed E-state index contributed by atoms with van der Waals surface area (Å²) < 4.78 is 5.13. The lowest BCUT2D eigenvalue weighted by Gasteiger charge is -2.03. The van der Waals surface area contributed by atoms with Crippen LogP contribution < -0.4 is 11.1 Å². The fourth-order valence-corrected chi connectivity index (χ4v) is 0.858. The Balaban J connectivity index is 3.00. The number of nitrogens with zero attached hydrogens (tertiary/aromatic N) is 1. The maximum atomic E-state index is 8.23. The molecule has 0 saturated heterocycles. The van der Waals surface area contributed by atoms with Gasteiger partial charge in [0.15, 0.2) is 0 Å². The van der Waals surface area contributed by atoms with Gasteiger partial charge in [-0.1, -0.05) is 5.16 Å². The molecule has 0 amide bonds. The molecule has 0 heterocycles. The van der Waals surface area contributed by atoms with E-state index in [4.69, 9.17) is 15.7 Å². The quantitative estimate of drug-likeness (QED) is 0.167. The minimum atomic E-state index is 0.284. The molecular weight excluding hydrogens is 170 g/mol. The molecule has 0 aliphatic carbocycles. The summed E-state index contributed by atoms with van der Waals surface area (Å²) in [4.78, 5) is 0. The highest BCUT2D eigenvalue weighted by molar-refractivity contribution is 5.79. The Morgan fingerprint density at radius 3 is 2.92 bits per heavy atom. The van der Waals surface area contributed by atoms with Crippen molar-refractivity contribution >= 4 is 5.84 Å². The summed E-state index contributed by atoms with van der Waals surface area (Å²) in [7, 11) is 0. The Labute approximate surface area is 78.9 Å². The van der Waals surface area contributed by atoms with Crippen LogP contribution in [0.2, 0.25) is 0 Å². The average Bonchev–Trinajstić information content (AvgIpc) is 2.16. The molecule has 0 aliphatic heterocycles. The Kier molecular flexibility index (Phi) is 8.70. The topological polar surface area (TPSA) is 79.9 Å². The van der Waals surface area contributed by atoms with Gasteiger partial charge in [-0.05, 0) is 19.9 Å². The van der Waals surface area contributed by atoms with Crippen LogP contribution >= 0.6 is 0 Å². The second-order valence-electron chi connectivity index (χ2n) is 2.64. The largest absolute Gasteiger partial charge is 0.409 e. The van der Waals surface area contributed by atoms with E-state index in [-0.39, 0.29) is 5.84 Å². The molecule has 0 fully saturated rings. The first kappa shape index (κ1) is 12.2. The number of nitrogens with two attached hydrogens (primary N) is 1. The Bertz CT molecular complexity index is 139. The molecule has 0 aromatic rings. The van der Waals surface area contributed by atoms with E-state index in [9.17, 15) is 0 Å². The highest BCUT2D eigenvalue weighted by atomic mass is 16.5. The number of nitrogens with one attached hydrogen (secondary N) is 1. The summed E-state index contributed by atoms with van der Waals surface area (Å²) in [5.41, 5.74) is 5.28. The lowest BCUT2D eigenvalue weighted by molar-refractivity contribution is 0.149. The van der Waals surface area contributed by atoms with Gasteiger partial charge in [0.1, 0.15) is 5.84 Å². The van der Waals surface area contributed by atoms with Crippen molar-refractivity contribution < 1.29 is 9.94 Å². The molecule has 13 heavy (non-hydrogen) atoms. The summed E-state index contributed by atoms with van der Waals surface area (Å²) in [6.45, 7) is 5.18. The normalized spacial score (nSPS) is 11.9.